The van der Waals surface area contributed by atoms with Crippen molar-refractivity contribution in [2.24, 2.45) is 0 Å². The molecular weight excluding hydrogens is 202 g/mol. The SMILES string of the molecule is CCSCC(NC)C1=CCCCCCC1. The Bertz CT molecular complexity index is 189. The molecular formula is C13H25NS. The molecule has 0 radical (unpaired) electrons. The summed E-state index contributed by atoms with van der Waals surface area (Å²) in [6.45, 7) is 2.24. The summed E-state index contributed by atoms with van der Waals surface area (Å²) in [4.78, 5) is 0. The Balaban J connectivity index is 2.47. The van der Waals surface area contributed by atoms with Crippen LogP contribution in [0.3, 0.4) is 0 Å². The summed E-state index contributed by atoms with van der Waals surface area (Å²) in [5, 5.41) is 3.47. The lowest BCUT2D eigenvalue weighted by molar-refractivity contribution is 0.583. The van der Waals surface area contributed by atoms with Gasteiger partial charge in [0.05, 0.1) is 0 Å². The van der Waals surface area contributed by atoms with Crippen molar-refractivity contribution in [1.82, 2.24) is 5.32 Å². The molecule has 0 bridgehead atoms. The van der Waals surface area contributed by atoms with E-state index in [1.807, 2.05) is 11.8 Å². The number of rotatable bonds is 5. The van der Waals surface area contributed by atoms with Gasteiger partial charge in [-0.05, 0) is 38.5 Å². The van der Waals surface area contributed by atoms with E-state index in [1.165, 1.54) is 50.0 Å². The van der Waals surface area contributed by atoms with Gasteiger partial charge in [-0.15, -0.1) is 0 Å². The highest BCUT2D eigenvalue weighted by Gasteiger charge is 2.12. The largest absolute Gasteiger partial charge is 0.313 e. The lowest BCUT2D eigenvalue weighted by Gasteiger charge is -2.21. The molecule has 0 heterocycles. The fraction of sp³-hybridized carbons (Fsp3) is 0.846. The van der Waals surface area contributed by atoms with Crippen molar-refractivity contribution in [1.29, 1.82) is 0 Å². The highest BCUT2D eigenvalue weighted by molar-refractivity contribution is 7.99. The third-order valence-corrected chi connectivity index (χ3v) is 4.09. The highest BCUT2D eigenvalue weighted by Crippen LogP contribution is 2.21. The Morgan fingerprint density at radius 2 is 2.13 bits per heavy atom. The van der Waals surface area contributed by atoms with E-state index >= 15 is 0 Å². The molecule has 1 aliphatic carbocycles. The van der Waals surface area contributed by atoms with E-state index < -0.39 is 0 Å². The minimum Gasteiger partial charge on any atom is -0.313 e. The number of hydrogen-bond donors (Lipinski definition) is 1. The lowest BCUT2D eigenvalue weighted by atomic mass is 9.96. The smallest absolute Gasteiger partial charge is 0.0368 e. The topological polar surface area (TPSA) is 12.0 Å². The molecule has 0 saturated carbocycles. The van der Waals surface area contributed by atoms with E-state index in [2.05, 4.69) is 25.4 Å². The van der Waals surface area contributed by atoms with Crippen molar-refractivity contribution in [2.75, 3.05) is 18.6 Å². The van der Waals surface area contributed by atoms with Gasteiger partial charge in [0.2, 0.25) is 0 Å². The summed E-state index contributed by atoms with van der Waals surface area (Å²) >= 11 is 2.04. The Morgan fingerprint density at radius 3 is 2.87 bits per heavy atom. The van der Waals surface area contributed by atoms with E-state index in [-0.39, 0.29) is 0 Å². The molecule has 0 spiro atoms. The minimum absolute atomic E-state index is 0.619. The lowest BCUT2D eigenvalue weighted by Crippen LogP contribution is -2.30. The average Bonchev–Trinajstić information content (AvgIpc) is 2.21. The van der Waals surface area contributed by atoms with Crippen LogP contribution in [0.1, 0.15) is 45.4 Å². The number of hydrogen-bond acceptors (Lipinski definition) is 2. The second-order valence-corrected chi connectivity index (χ2v) is 5.55. The zero-order chi connectivity index (χ0) is 10.9. The summed E-state index contributed by atoms with van der Waals surface area (Å²) < 4.78 is 0. The predicted molar refractivity (Wildman–Crippen MR) is 71.6 cm³/mol. The summed E-state index contributed by atoms with van der Waals surface area (Å²) in [5.41, 5.74) is 1.66. The Morgan fingerprint density at radius 1 is 1.33 bits per heavy atom. The molecule has 0 aromatic rings. The van der Waals surface area contributed by atoms with Gasteiger partial charge in [0.15, 0.2) is 0 Å². The zero-order valence-corrected chi connectivity index (χ0v) is 11.0. The van der Waals surface area contributed by atoms with Crippen molar-refractivity contribution < 1.29 is 0 Å². The van der Waals surface area contributed by atoms with Gasteiger partial charge in [-0.1, -0.05) is 31.4 Å². The Kier molecular flexibility index (Phi) is 7.20. The standard InChI is InChI=1S/C13H25NS/c1-3-15-11-13(14-2)12-9-7-5-4-6-8-10-12/h9,13-14H,3-8,10-11H2,1-2H3. The third-order valence-electron chi connectivity index (χ3n) is 3.11. The van der Waals surface area contributed by atoms with Gasteiger partial charge in [0.25, 0.3) is 0 Å². The number of nitrogens with one attached hydrogen (secondary N) is 1. The quantitative estimate of drug-likeness (QED) is 0.720. The molecule has 0 aromatic heterocycles. The third kappa shape index (κ3) is 5.07. The van der Waals surface area contributed by atoms with Crippen molar-refractivity contribution in [3.05, 3.63) is 11.6 Å². The average molecular weight is 227 g/mol. The van der Waals surface area contributed by atoms with E-state index in [0.717, 1.165) is 0 Å². The molecule has 0 aliphatic heterocycles. The second kappa shape index (κ2) is 8.23. The molecule has 88 valence electrons. The van der Waals surface area contributed by atoms with Gasteiger partial charge in [-0.25, -0.2) is 0 Å². The minimum atomic E-state index is 0.619. The molecule has 1 unspecified atom stereocenters. The maximum Gasteiger partial charge on any atom is 0.0368 e. The van der Waals surface area contributed by atoms with Gasteiger partial charge in [0.1, 0.15) is 0 Å². The first kappa shape index (κ1) is 13.1. The summed E-state index contributed by atoms with van der Waals surface area (Å²) in [7, 11) is 2.10. The monoisotopic (exact) mass is 227 g/mol. The van der Waals surface area contributed by atoms with E-state index in [4.69, 9.17) is 0 Å². The Labute approximate surface area is 99.1 Å². The fourth-order valence-corrected chi connectivity index (χ4v) is 3.00. The molecule has 0 amide bonds. The second-order valence-electron chi connectivity index (χ2n) is 4.23. The summed E-state index contributed by atoms with van der Waals surface area (Å²) in [6.07, 6.45) is 10.7. The van der Waals surface area contributed by atoms with Gasteiger partial charge >= 0.3 is 0 Å². The summed E-state index contributed by atoms with van der Waals surface area (Å²) in [5.74, 6) is 2.46. The molecule has 15 heavy (non-hydrogen) atoms. The van der Waals surface area contributed by atoms with Crippen LogP contribution in [0.15, 0.2) is 11.6 Å². The normalized spacial score (nSPS) is 20.3. The van der Waals surface area contributed by atoms with Crippen LogP contribution in [0.25, 0.3) is 0 Å². The Hall–Kier alpha value is 0.0500. The fourth-order valence-electron chi connectivity index (χ4n) is 2.14. The number of thioether (sulfide) groups is 1. The molecule has 0 saturated heterocycles. The molecule has 1 N–H and O–H groups in total. The number of allylic oxidation sites excluding steroid dienone is 1. The zero-order valence-electron chi connectivity index (χ0n) is 10.2. The van der Waals surface area contributed by atoms with Crippen LogP contribution in [0, 0.1) is 0 Å². The van der Waals surface area contributed by atoms with Crippen molar-refractivity contribution in [3.8, 4) is 0 Å². The molecule has 0 aromatic carbocycles. The molecule has 1 nitrogen and oxygen atoms in total. The van der Waals surface area contributed by atoms with Crippen LogP contribution >= 0.6 is 11.8 Å². The van der Waals surface area contributed by atoms with Crippen LogP contribution in [0.4, 0.5) is 0 Å². The number of likely N-dealkylation sites (N-methyl/N-ethyl adjacent to an activating group) is 1. The van der Waals surface area contributed by atoms with Crippen LogP contribution < -0.4 is 5.32 Å². The van der Waals surface area contributed by atoms with Crippen molar-refractivity contribution in [2.45, 2.75) is 51.5 Å². The first-order valence-electron chi connectivity index (χ1n) is 6.32. The van der Waals surface area contributed by atoms with Gasteiger partial charge in [-0.3, -0.25) is 0 Å². The maximum absolute atomic E-state index is 3.47. The predicted octanol–water partition coefficient (Wildman–Crippen LogP) is 3.61. The maximum atomic E-state index is 3.47. The molecule has 1 aliphatic rings. The van der Waals surface area contributed by atoms with Crippen LogP contribution in [-0.2, 0) is 0 Å². The van der Waals surface area contributed by atoms with E-state index in [0.29, 0.717) is 6.04 Å². The van der Waals surface area contributed by atoms with E-state index in [1.54, 1.807) is 5.57 Å². The highest BCUT2D eigenvalue weighted by atomic mass is 32.2. The first-order chi connectivity index (χ1) is 7.38. The molecule has 1 rings (SSSR count). The first-order valence-corrected chi connectivity index (χ1v) is 7.48. The van der Waals surface area contributed by atoms with Gasteiger partial charge in [-0.2, -0.15) is 11.8 Å². The van der Waals surface area contributed by atoms with Crippen molar-refractivity contribution >= 4 is 11.8 Å². The van der Waals surface area contributed by atoms with Crippen LogP contribution in [0.2, 0.25) is 0 Å². The summed E-state index contributed by atoms with van der Waals surface area (Å²) in [6, 6.07) is 0.619. The van der Waals surface area contributed by atoms with Crippen LogP contribution in [0.5, 0.6) is 0 Å². The van der Waals surface area contributed by atoms with Gasteiger partial charge in [0, 0.05) is 11.8 Å². The molecule has 1 atom stereocenters. The van der Waals surface area contributed by atoms with Crippen LogP contribution in [-0.4, -0.2) is 24.6 Å². The molecule has 2 heteroatoms. The van der Waals surface area contributed by atoms with E-state index in [9.17, 15) is 0 Å². The van der Waals surface area contributed by atoms with Gasteiger partial charge < -0.3 is 5.32 Å². The molecule has 0 fully saturated rings. The van der Waals surface area contributed by atoms with Crippen molar-refractivity contribution in [3.63, 3.8) is 0 Å².